The van der Waals surface area contributed by atoms with Crippen LogP contribution in [0.25, 0.3) is 11.4 Å². The molecular formula is C17H24N4O2. The van der Waals surface area contributed by atoms with Crippen LogP contribution in [0.3, 0.4) is 0 Å². The van der Waals surface area contributed by atoms with E-state index in [1.807, 2.05) is 24.3 Å². The van der Waals surface area contributed by atoms with Gasteiger partial charge in [-0.25, -0.2) is 0 Å². The second-order valence-corrected chi connectivity index (χ2v) is 6.13. The normalized spacial score (nSPS) is 20.4. The van der Waals surface area contributed by atoms with Crippen LogP contribution in [0.5, 0.6) is 5.75 Å². The van der Waals surface area contributed by atoms with E-state index in [2.05, 4.69) is 22.0 Å². The molecule has 1 aromatic heterocycles. The summed E-state index contributed by atoms with van der Waals surface area (Å²) in [5.74, 6) is 2.06. The topological polar surface area (TPSA) is 77.4 Å². The second-order valence-electron chi connectivity index (χ2n) is 6.13. The van der Waals surface area contributed by atoms with Crippen molar-refractivity contribution in [1.82, 2.24) is 15.0 Å². The third-order valence-corrected chi connectivity index (χ3v) is 4.43. The minimum absolute atomic E-state index is 0.152. The first-order valence-corrected chi connectivity index (χ1v) is 8.14. The fraction of sp³-hybridized carbons (Fsp3) is 0.529. The average molecular weight is 316 g/mol. The molecule has 23 heavy (non-hydrogen) atoms. The highest BCUT2D eigenvalue weighted by molar-refractivity contribution is 5.55. The van der Waals surface area contributed by atoms with Gasteiger partial charge >= 0.3 is 0 Å². The van der Waals surface area contributed by atoms with Gasteiger partial charge in [0.2, 0.25) is 11.7 Å². The van der Waals surface area contributed by atoms with E-state index in [1.54, 1.807) is 7.11 Å². The fourth-order valence-corrected chi connectivity index (χ4v) is 3.16. The van der Waals surface area contributed by atoms with Crippen LogP contribution in [-0.4, -0.2) is 40.8 Å². The summed E-state index contributed by atoms with van der Waals surface area (Å²) >= 11 is 0. The highest BCUT2D eigenvalue weighted by atomic mass is 16.5. The molecule has 6 nitrogen and oxygen atoms in total. The summed E-state index contributed by atoms with van der Waals surface area (Å²) in [4.78, 5) is 6.88. The van der Waals surface area contributed by atoms with Gasteiger partial charge < -0.3 is 15.0 Å². The monoisotopic (exact) mass is 316 g/mol. The number of ether oxygens (including phenoxy) is 1. The van der Waals surface area contributed by atoms with Gasteiger partial charge in [0.1, 0.15) is 5.75 Å². The molecule has 1 aliphatic heterocycles. The Bertz CT molecular complexity index is 624. The lowest BCUT2D eigenvalue weighted by Crippen LogP contribution is -2.48. The van der Waals surface area contributed by atoms with Gasteiger partial charge in [-0.3, -0.25) is 4.90 Å². The molecule has 2 unspecified atom stereocenters. The number of hydrogen-bond acceptors (Lipinski definition) is 6. The van der Waals surface area contributed by atoms with Crippen LogP contribution < -0.4 is 10.5 Å². The standard InChI is InChI=1S/C17H24N4O2/c1-12(18)15-5-3-4-10-21(15)11-16-19-17(20-23-16)13-6-8-14(22-2)9-7-13/h6-9,12,15H,3-5,10-11,18H2,1-2H3. The number of aromatic nitrogens is 2. The van der Waals surface area contributed by atoms with E-state index in [4.69, 9.17) is 15.0 Å². The average Bonchev–Trinajstić information content (AvgIpc) is 3.04. The molecule has 0 bridgehead atoms. The first-order chi connectivity index (χ1) is 11.2. The third kappa shape index (κ3) is 3.71. The smallest absolute Gasteiger partial charge is 0.241 e. The Morgan fingerprint density at radius 1 is 1.35 bits per heavy atom. The first kappa shape index (κ1) is 16.0. The molecular weight excluding hydrogens is 292 g/mol. The molecule has 0 aliphatic carbocycles. The largest absolute Gasteiger partial charge is 0.497 e. The van der Waals surface area contributed by atoms with E-state index < -0.39 is 0 Å². The van der Waals surface area contributed by atoms with Crippen molar-refractivity contribution < 1.29 is 9.26 Å². The Kier molecular flexibility index (Phi) is 4.93. The number of rotatable bonds is 5. The Labute approximate surface area is 136 Å². The fourth-order valence-electron chi connectivity index (χ4n) is 3.16. The summed E-state index contributed by atoms with van der Waals surface area (Å²) in [6.45, 7) is 3.77. The van der Waals surface area contributed by atoms with Crippen molar-refractivity contribution in [3.05, 3.63) is 30.2 Å². The minimum Gasteiger partial charge on any atom is -0.497 e. The SMILES string of the molecule is COc1ccc(-c2noc(CN3CCCCC3C(C)N)n2)cc1. The lowest BCUT2D eigenvalue weighted by atomic mass is 9.97. The van der Waals surface area contributed by atoms with Crippen LogP contribution in [0.15, 0.2) is 28.8 Å². The van der Waals surface area contributed by atoms with Crippen molar-refractivity contribution in [1.29, 1.82) is 0 Å². The molecule has 0 saturated carbocycles. The van der Waals surface area contributed by atoms with E-state index in [1.165, 1.54) is 12.8 Å². The van der Waals surface area contributed by atoms with E-state index in [9.17, 15) is 0 Å². The lowest BCUT2D eigenvalue weighted by Gasteiger charge is -2.37. The molecule has 2 heterocycles. The van der Waals surface area contributed by atoms with Crippen molar-refractivity contribution in [2.24, 2.45) is 5.73 Å². The molecule has 1 fully saturated rings. The van der Waals surface area contributed by atoms with Crippen molar-refractivity contribution in [3.63, 3.8) is 0 Å². The maximum absolute atomic E-state index is 6.11. The number of benzene rings is 1. The van der Waals surface area contributed by atoms with Crippen LogP contribution in [-0.2, 0) is 6.54 Å². The van der Waals surface area contributed by atoms with Gasteiger partial charge in [0.25, 0.3) is 0 Å². The highest BCUT2D eigenvalue weighted by Crippen LogP contribution is 2.23. The van der Waals surface area contributed by atoms with E-state index >= 15 is 0 Å². The van der Waals surface area contributed by atoms with Gasteiger partial charge in [-0.15, -0.1) is 0 Å². The molecule has 1 saturated heterocycles. The Morgan fingerprint density at radius 2 is 2.13 bits per heavy atom. The van der Waals surface area contributed by atoms with Gasteiger partial charge in [-0.05, 0) is 50.6 Å². The molecule has 1 aliphatic rings. The predicted octanol–water partition coefficient (Wildman–Crippen LogP) is 2.45. The molecule has 1 aromatic carbocycles. The molecule has 3 rings (SSSR count). The van der Waals surface area contributed by atoms with Crippen molar-refractivity contribution in [3.8, 4) is 17.1 Å². The van der Waals surface area contributed by atoms with E-state index in [0.29, 0.717) is 24.3 Å². The molecule has 124 valence electrons. The van der Waals surface area contributed by atoms with Gasteiger partial charge in [0, 0.05) is 17.6 Å². The summed E-state index contributed by atoms with van der Waals surface area (Å²) in [6.07, 6.45) is 3.57. The lowest BCUT2D eigenvalue weighted by molar-refractivity contribution is 0.109. The number of likely N-dealkylation sites (tertiary alicyclic amines) is 1. The van der Waals surface area contributed by atoms with Gasteiger partial charge in [0.15, 0.2) is 0 Å². The number of hydrogen-bond donors (Lipinski definition) is 1. The quantitative estimate of drug-likeness (QED) is 0.913. The predicted molar refractivity (Wildman–Crippen MR) is 88.0 cm³/mol. The van der Waals surface area contributed by atoms with Crippen LogP contribution >= 0.6 is 0 Å². The Morgan fingerprint density at radius 3 is 2.83 bits per heavy atom. The molecule has 2 aromatic rings. The number of methoxy groups -OCH3 is 1. The van der Waals surface area contributed by atoms with Crippen molar-refractivity contribution in [2.75, 3.05) is 13.7 Å². The van der Waals surface area contributed by atoms with Gasteiger partial charge in [0.05, 0.1) is 13.7 Å². The van der Waals surface area contributed by atoms with Crippen LogP contribution in [0.2, 0.25) is 0 Å². The van der Waals surface area contributed by atoms with E-state index in [0.717, 1.165) is 24.3 Å². The Hall–Kier alpha value is -1.92. The van der Waals surface area contributed by atoms with E-state index in [-0.39, 0.29) is 6.04 Å². The summed E-state index contributed by atoms with van der Waals surface area (Å²) in [5.41, 5.74) is 7.03. The number of nitrogens with two attached hydrogens (primary N) is 1. The zero-order valence-corrected chi connectivity index (χ0v) is 13.7. The maximum Gasteiger partial charge on any atom is 0.241 e. The van der Waals surface area contributed by atoms with Crippen LogP contribution in [0.1, 0.15) is 32.1 Å². The second kappa shape index (κ2) is 7.10. The molecule has 2 N–H and O–H groups in total. The first-order valence-electron chi connectivity index (χ1n) is 8.14. The zero-order valence-electron chi connectivity index (χ0n) is 13.7. The summed E-state index contributed by atoms with van der Waals surface area (Å²) in [7, 11) is 1.65. The number of nitrogens with zero attached hydrogens (tertiary/aromatic N) is 3. The highest BCUT2D eigenvalue weighted by Gasteiger charge is 2.26. The molecule has 0 spiro atoms. The molecule has 2 atom stereocenters. The molecule has 0 amide bonds. The third-order valence-electron chi connectivity index (χ3n) is 4.43. The zero-order chi connectivity index (χ0) is 16.2. The molecule has 0 radical (unpaired) electrons. The maximum atomic E-state index is 6.11. The van der Waals surface area contributed by atoms with Crippen LogP contribution in [0, 0.1) is 0 Å². The Balaban J connectivity index is 1.71. The summed E-state index contributed by atoms with van der Waals surface area (Å²) in [6, 6.07) is 8.18. The number of piperidine rings is 1. The van der Waals surface area contributed by atoms with Crippen molar-refractivity contribution in [2.45, 2.75) is 44.8 Å². The van der Waals surface area contributed by atoms with Crippen molar-refractivity contribution >= 4 is 0 Å². The summed E-state index contributed by atoms with van der Waals surface area (Å²) < 4.78 is 10.6. The van der Waals surface area contributed by atoms with Crippen LogP contribution in [0.4, 0.5) is 0 Å². The molecule has 6 heteroatoms. The van der Waals surface area contributed by atoms with Gasteiger partial charge in [-0.1, -0.05) is 11.6 Å². The minimum atomic E-state index is 0.152. The summed E-state index contributed by atoms with van der Waals surface area (Å²) in [5, 5.41) is 4.09. The van der Waals surface area contributed by atoms with Gasteiger partial charge in [-0.2, -0.15) is 4.98 Å².